The highest BCUT2D eigenvalue weighted by atomic mass is 16.5. The number of rotatable bonds is 5. The topological polar surface area (TPSA) is 37.7 Å². The molecule has 2 aromatic rings. The number of aromatic nitrogens is 1. The Morgan fingerprint density at radius 2 is 1.96 bits per heavy atom. The molecule has 1 aliphatic rings. The predicted octanol–water partition coefficient (Wildman–Crippen LogP) is 3.77. The van der Waals surface area contributed by atoms with E-state index < -0.39 is 0 Å². The van der Waals surface area contributed by atoms with Crippen molar-refractivity contribution in [2.24, 2.45) is 4.99 Å². The van der Waals surface area contributed by atoms with Crippen LogP contribution in [0.25, 0.3) is 0 Å². The minimum Gasteiger partial charge on any atom is -0.486 e. The zero-order valence-corrected chi connectivity index (χ0v) is 13.6. The third-order valence-corrected chi connectivity index (χ3v) is 4.33. The molecule has 2 heterocycles. The maximum absolute atomic E-state index is 4.83. The molecule has 23 heavy (non-hydrogen) atoms. The summed E-state index contributed by atoms with van der Waals surface area (Å²) in [4.78, 5) is 11.3. The van der Waals surface area contributed by atoms with E-state index in [1.165, 1.54) is 30.5 Å². The van der Waals surface area contributed by atoms with Crippen LogP contribution in [-0.4, -0.2) is 36.5 Å². The van der Waals surface area contributed by atoms with Crippen LogP contribution in [0.5, 0.6) is 0 Å². The number of hydrogen-bond donors (Lipinski definition) is 0. The molecular weight excluding hydrogens is 286 g/mol. The Morgan fingerprint density at radius 3 is 2.61 bits per heavy atom. The van der Waals surface area contributed by atoms with E-state index in [2.05, 4.69) is 51.3 Å². The Morgan fingerprint density at radius 1 is 1.17 bits per heavy atom. The number of methoxy groups -OCH3 is 1. The second-order valence-corrected chi connectivity index (χ2v) is 5.95. The van der Waals surface area contributed by atoms with Crippen molar-refractivity contribution >= 4 is 12.1 Å². The maximum atomic E-state index is 4.83. The Bertz CT molecular complexity index is 617. The summed E-state index contributed by atoms with van der Waals surface area (Å²) < 4.78 is 4.83. The van der Waals surface area contributed by atoms with E-state index in [1.807, 2.05) is 12.3 Å². The molecule has 0 amide bonds. The molecule has 1 aromatic carbocycles. The molecule has 0 bridgehead atoms. The van der Waals surface area contributed by atoms with E-state index in [0.717, 1.165) is 25.3 Å². The van der Waals surface area contributed by atoms with Gasteiger partial charge in [0.1, 0.15) is 0 Å². The Balaban J connectivity index is 1.53. The van der Waals surface area contributed by atoms with Crippen LogP contribution in [0, 0.1) is 0 Å². The van der Waals surface area contributed by atoms with Crippen molar-refractivity contribution < 1.29 is 4.74 Å². The Kier molecular flexibility index (Phi) is 5.37. The van der Waals surface area contributed by atoms with Crippen LogP contribution < -0.4 is 0 Å². The van der Waals surface area contributed by atoms with Gasteiger partial charge in [0.15, 0.2) is 6.40 Å². The van der Waals surface area contributed by atoms with Gasteiger partial charge in [0, 0.05) is 18.2 Å². The largest absolute Gasteiger partial charge is 0.486 e. The second kappa shape index (κ2) is 7.88. The number of benzene rings is 1. The fourth-order valence-corrected chi connectivity index (χ4v) is 3.06. The third-order valence-electron chi connectivity index (χ3n) is 4.33. The molecule has 1 aliphatic heterocycles. The Hall–Kier alpha value is -2.20. The molecule has 4 heteroatoms. The number of aliphatic imine (C=N–C) groups is 1. The lowest BCUT2D eigenvalue weighted by atomic mass is 9.93. The maximum Gasteiger partial charge on any atom is 0.174 e. The van der Waals surface area contributed by atoms with Crippen LogP contribution in [0.15, 0.2) is 53.7 Å². The molecule has 3 rings (SSSR count). The molecule has 0 N–H and O–H groups in total. The molecule has 1 aromatic heterocycles. The first kappa shape index (κ1) is 15.7. The summed E-state index contributed by atoms with van der Waals surface area (Å²) in [7, 11) is 1.59. The molecule has 4 nitrogen and oxygen atoms in total. The zero-order valence-electron chi connectivity index (χ0n) is 13.6. The summed E-state index contributed by atoms with van der Waals surface area (Å²) in [5.74, 6) is 0.558. The van der Waals surface area contributed by atoms with Gasteiger partial charge in [0.05, 0.1) is 19.0 Å². The van der Waals surface area contributed by atoms with Gasteiger partial charge in [-0.3, -0.25) is 9.88 Å². The molecule has 0 spiro atoms. The molecule has 0 aliphatic carbocycles. The number of ether oxygens (including phenoxy) is 1. The van der Waals surface area contributed by atoms with E-state index in [1.54, 1.807) is 7.11 Å². The van der Waals surface area contributed by atoms with Crippen LogP contribution in [0.1, 0.15) is 30.0 Å². The Labute approximate surface area is 137 Å². The van der Waals surface area contributed by atoms with Gasteiger partial charge in [-0.25, -0.2) is 4.99 Å². The quantitative estimate of drug-likeness (QED) is 0.623. The lowest BCUT2D eigenvalue weighted by molar-refractivity contribution is 0.203. The van der Waals surface area contributed by atoms with E-state index in [9.17, 15) is 0 Å². The fraction of sp³-hybridized carbons (Fsp3) is 0.368. The minimum absolute atomic E-state index is 0.558. The van der Waals surface area contributed by atoms with Crippen LogP contribution in [0.2, 0.25) is 0 Å². The first-order chi connectivity index (χ1) is 11.3. The highest BCUT2D eigenvalue weighted by molar-refractivity contribution is 5.54. The van der Waals surface area contributed by atoms with Crippen molar-refractivity contribution in [3.8, 4) is 0 Å². The van der Waals surface area contributed by atoms with Gasteiger partial charge < -0.3 is 4.74 Å². The van der Waals surface area contributed by atoms with Gasteiger partial charge in [-0.05, 0) is 43.6 Å². The van der Waals surface area contributed by atoms with E-state index in [0.29, 0.717) is 5.92 Å². The van der Waals surface area contributed by atoms with Crippen molar-refractivity contribution in [2.75, 3.05) is 20.2 Å². The number of piperidine rings is 1. The average molecular weight is 309 g/mol. The summed E-state index contributed by atoms with van der Waals surface area (Å²) in [5, 5.41) is 0. The molecule has 0 saturated carbocycles. The van der Waals surface area contributed by atoms with Crippen LogP contribution >= 0.6 is 0 Å². The molecule has 0 atom stereocenters. The van der Waals surface area contributed by atoms with Crippen LogP contribution in [0.4, 0.5) is 5.69 Å². The van der Waals surface area contributed by atoms with Gasteiger partial charge in [-0.2, -0.15) is 0 Å². The number of nitrogens with zero attached hydrogens (tertiary/aromatic N) is 3. The molecular formula is C19H23N3O. The van der Waals surface area contributed by atoms with E-state index in [4.69, 9.17) is 4.74 Å². The van der Waals surface area contributed by atoms with Crippen molar-refractivity contribution in [2.45, 2.75) is 25.3 Å². The predicted molar refractivity (Wildman–Crippen MR) is 93.1 cm³/mol. The minimum atomic E-state index is 0.558. The van der Waals surface area contributed by atoms with E-state index in [-0.39, 0.29) is 0 Å². The average Bonchev–Trinajstić information content (AvgIpc) is 2.62. The highest BCUT2D eigenvalue weighted by Gasteiger charge is 2.21. The zero-order chi connectivity index (χ0) is 15.9. The van der Waals surface area contributed by atoms with Gasteiger partial charge in [0.2, 0.25) is 0 Å². The fourth-order valence-electron chi connectivity index (χ4n) is 3.06. The first-order valence-corrected chi connectivity index (χ1v) is 8.13. The van der Waals surface area contributed by atoms with Gasteiger partial charge in [-0.1, -0.05) is 30.3 Å². The molecule has 0 radical (unpaired) electrons. The molecule has 0 unspecified atom stereocenters. The van der Waals surface area contributed by atoms with Crippen molar-refractivity contribution in [1.29, 1.82) is 0 Å². The summed E-state index contributed by atoms with van der Waals surface area (Å²) >= 11 is 0. The smallest absolute Gasteiger partial charge is 0.174 e. The van der Waals surface area contributed by atoms with E-state index >= 15 is 0 Å². The van der Waals surface area contributed by atoms with Crippen LogP contribution in [-0.2, 0) is 11.3 Å². The summed E-state index contributed by atoms with van der Waals surface area (Å²) in [6.07, 6.45) is 5.58. The summed E-state index contributed by atoms with van der Waals surface area (Å²) in [5.41, 5.74) is 3.40. The summed E-state index contributed by atoms with van der Waals surface area (Å²) in [6.45, 7) is 3.31. The third kappa shape index (κ3) is 4.39. The number of hydrogen-bond acceptors (Lipinski definition) is 4. The number of likely N-dealkylation sites (tertiary alicyclic amines) is 1. The normalized spacial score (nSPS) is 16.7. The van der Waals surface area contributed by atoms with Gasteiger partial charge in [-0.15, -0.1) is 0 Å². The second-order valence-electron chi connectivity index (χ2n) is 5.95. The highest BCUT2D eigenvalue weighted by Crippen LogP contribution is 2.28. The molecule has 1 fully saturated rings. The molecule has 1 saturated heterocycles. The molecule has 120 valence electrons. The first-order valence-electron chi connectivity index (χ1n) is 8.13. The SMILES string of the molecule is COC=Nc1ccc(C2CCN(Cc3ccccc3)CC2)nc1. The monoisotopic (exact) mass is 309 g/mol. The number of pyridine rings is 1. The van der Waals surface area contributed by atoms with Crippen molar-refractivity contribution in [3.05, 3.63) is 59.9 Å². The summed E-state index contributed by atoms with van der Waals surface area (Å²) in [6, 6.07) is 14.8. The standard InChI is InChI=1S/C19H23N3O/c1-23-15-21-18-7-8-19(20-13-18)17-9-11-22(12-10-17)14-16-5-3-2-4-6-16/h2-8,13,15,17H,9-12,14H2,1H3. The van der Waals surface area contributed by atoms with Gasteiger partial charge in [0.25, 0.3) is 0 Å². The lowest BCUT2D eigenvalue weighted by Crippen LogP contribution is -2.32. The lowest BCUT2D eigenvalue weighted by Gasteiger charge is -2.31. The van der Waals surface area contributed by atoms with Crippen molar-refractivity contribution in [1.82, 2.24) is 9.88 Å². The van der Waals surface area contributed by atoms with Crippen molar-refractivity contribution in [3.63, 3.8) is 0 Å². The van der Waals surface area contributed by atoms with Gasteiger partial charge >= 0.3 is 0 Å². The van der Waals surface area contributed by atoms with Crippen LogP contribution in [0.3, 0.4) is 0 Å².